The quantitative estimate of drug-likeness (QED) is 0.373. The van der Waals surface area contributed by atoms with E-state index in [-0.39, 0.29) is 24.7 Å². The van der Waals surface area contributed by atoms with Crippen molar-refractivity contribution in [2.45, 2.75) is 44.6 Å². The SMILES string of the molecule is CNS(=O)(=O)O[C@@H]1C[C@H](Nc2ncncc2C(=O)c2cc(Cn3cccn3)c(C)s2)C[C@@H]1O. The molecule has 176 valence electrons. The fourth-order valence-electron chi connectivity index (χ4n) is 3.70. The highest BCUT2D eigenvalue weighted by atomic mass is 32.2. The van der Waals surface area contributed by atoms with E-state index in [2.05, 4.69) is 25.1 Å². The number of aromatic nitrogens is 4. The Morgan fingerprint density at radius 1 is 1.39 bits per heavy atom. The van der Waals surface area contributed by atoms with Crippen LogP contribution in [-0.4, -0.2) is 64.4 Å². The summed E-state index contributed by atoms with van der Waals surface area (Å²) < 4.78 is 32.2. The summed E-state index contributed by atoms with van der Waals surface area (Å²) in [6, 6.07) is 3.36. The minimum absolute atomic E-state index is 0.220. The first-order chi connectivity index (χ1) is 15.8. The number of thiophene rings is 1. The third kappa shape index (κ3) is 5.45. The Morgan fingerprint density at radius 2 is 2.21 bits per heavy atom. The van der Waals surface area contributed by atoms with Crippen LogP contribution in [0.3, 0.4) is 0 Å². The number of rotatable bonds is 9. The molecule has 0 unspecified atom stereocenters. The van der Waals surface area contributed by atoms with Gasteiger partial charge in [-0.2, -0.15) is 18.2 Å². The standard InChI is InChI=1S/C20H24N6O5S2/c1-12-13(10-26-5-3-4-24-26)6-18(32-12)19(28)15-9-22-11-23-20(15)25-14-7-16(27)17(8-14)31-33(29,30)21-2/h3-6,9,11,14,16-17,21,27H,7-8,10H2,1-2H3,(H,22,23,25)/t14-,16+,17-/m1/s1. The lowest BCUT2D eigenvalue weighted by Crippen LogP contribution is -2.31. The van der Waals surface area contributed by atoms with Gasteiger partial charge in [-0.05, 0) is 37.5 Å². The zero-order valence-corrected chi connectivity index (χ0v) is 19.6. The van der Waals surface area contributed by atoms with E-state index in [4.69, 9.17) is 4.18 Å². The maximum atomic E-state index is 13.3. The highest BCUT2D eigenvalue weighted by molar-refractivity contribution is 7.84. The molecule has 13 heteroatoms. The number of nitrogens with one attached hydrogen (secondary N) is 2. The van der Waals surface area contributed by atoms with Gasteiger partial charge in [0.1, 0.15) is 18.2 Å². The van der Waals surface area contributed by atoms with Crippen molar-refractivity contribution < 1.29 is 22.5 Å². The topological polar surface area (TPSA) is 148 Å². The van der Waals surface area contributed by atoms with Crippen molar-refractivity contribution in [3.8, 4) is 0 Å². The molecule has 0 aromatic carbocycles. The lowest BCUT2D eigenvalue weighted by molar-refractivity contribution is 0.0636. The molecular weight excluding hydrogens is 468 g/mol. The minimum Gasteiger partial charge on any atom is -0.390 e. The molecule has 0 bridgehead atoms. The van der Waals surface area contributed by atoms with Gasteiger partial charge in [0.15, 0.2) is 0 Å². The van der Waals surface area contributed by atoms with Gasteiger partial charge in [-0.1, -0.05) is 0 Å². The molecule has 11 nitrogen and oxygen atoms in total. The second-order valence-corrected chi connectivity index (χ2v) is 10.4. The van der Waals surface area contributed by atoms with E-state index in [1.807, 2.05) is 25.3 Å². The van der Waals surface area contributed by atoms with Crippen LogP contribution >= 0.6 is 11.3 Å². The summed E-state index contributed by atoms with van der Waals surface area (Å²) in [7, 11) is -2.70. The van der Waals surface area contributed by atoms with E-state index in [0.29, 0.717) is 22.8 Å². The molecule has 1 aliphatic carbocycles. The van der Waals surface area contributed by atoms with Crippen LogP contribution < -0.4 is 10.0 Å². The molecule has 3 atom stereocenters. The van der Waals surface area contributed by atoms with Gasteiger partial charge in [0.25, 0.3) is 0 Å². The summed E-state index contributed by atoms with van der Waals surface area (Å²) in [5.74, 6) is 0.103. The number of ketones is 1. The zero-order valence-electron chi connectivity index (χ0n) is 18.0. The molecular formula is C20H24N6O5S2. The Balaban J connectivity index is 1.50. The summed E-state index contributed by atoms with van der Waals surface area (Å²) in [4.78, 5) is 23.1. The molecule has 0 radical (unpaired) electrons. The van der Waals surface area contributed by atoms with E-state index < -0.39 is 22.5 Å². The summed E-state index contributed by atoms with van der Waals surface area (Å²) in [5, 5.41) is 17.6. The first kappa shape index (κ1) is 23.4. The molecule has 0 saturated heterocycles. The predicted molar refractivity (Wildman–Crippen MR) is 121 cm³/mol. The zero-order chi connectivity index (χ0) is 23.6. The van der Waals surface area contributed by atoms with Crippen LogP contribution in [0.4, 0.5) is 5.82 Å². The maximum absolute atomic E-state index is 13.3. The number of hydrogen-bond donors (Lipinski definition) is 3. The van der Waals surface area contributed by atoms with Crippen molar-refractivity contribution in [3.05, 3.63) is 57.9 Å². The summed E-state index contributed by atoms with van der Waals surface area (Å²) in [6.45, 7) is 2.52. The smallest absolute Gasteiger partial charge is 0.335 e. The van der Waals surface area contributed by atoms with E-state index in [1.54, 1.807) is 10.9 Å². The molecule has 33 heavy (non-hydrogen) atoms. The number of aliphatic hydroxyl groups is 1. The fraction of sp³-hybridized carbons (Fsp3) is 0.400. The monoisotopic (exact) mass is 492 g/mol. The van der Waals surface area contributed by atoms with Crippen molar-refractivity contribution in [1.29, 1.82) is 0 Å². The maximum Gasteiger partial charge on any atom is 0.335 e. The number of nitrogens with zero attached hydrogens (tertiary/aromatic N) is 4. The van der Waals surface area contributed by atoms with Crippen LogP contribution in [0, 0.1) is 6.92 Å². The van der Waals surface area contributed by atoms with Gasteiger partial charge >= 0.3 is 10.3 Å². The van der Waals surface area contributed by atoms with Crippen LogP contribution in [0.5, 0.6) is 0 Å². The molecule has 0 spiro atoms. The molecule has 4 rings (SSSR count). The number of aliphatic hydroxyl groups excluding tert-OH is 1. The predicted octanol–water partition coefficient (Wildman–Crippen LogP) is 1.11. The summed E-state index contributed by atoms with van der Waals surface area (Å²) >= 11 is 1.39. The van der Waals surface area contributed by atoms with Crippen LogP contribution in [0.25, 0.3) is 0 Å². The first-order valence-electron chi connectivity index (χ1n) is 10.2. The minimum atomic E-state index is -3.93. The van der Waals surface area contributed by atoms with Crippen molar-refractivity contribution >= 4 is 33.2 Å². The highest BCUT2D eigenvalue weighted by Gasteiger charge is 2.37. The van der Waals surface area contributed by atoms with Gasteiger partial charge in [-0.15, -0.1) is 11.3 Å². The Morgan fingerprint density at radius 3 is 2.94 bits per heavy atom. The van der Waals surface area contributed by atoms with Crippen LogP contribution in [-0.2, 0) is 21.0 Å². The number of hydrogen-bond acceptors (Lipinski definition) is 10. The normalized spacial score (nSPS) is 20.8. The van der Waals surface area contributed by atoms with Crippen LogP contribution in [0.15, 0.2) is 37.1 Å². The van der Waals surface area contributed by atoms with Crippen molar-refractivity contribution in [2.75, 3.05) is 12.4 Å². The lowest BCUT2D eigenvalue weighted by atomic mass is 10.1. The molecule has 1 saturated carbocycles. The summed E-state index contributed by atoms with van der Waals surface area (Å²) in [5.41, 5.74) is 1.30. The molecule has 1 aliphatic rings. The molecule has 3 aromatic heterocycles. The largest absolute Gasteiger partial charge is 0.390 e. The van der Waals surface area contributed by atoms with Gasteiger partial charge in [0, 0.05) is 36.6 Å². The Kier molecular flexibility index (Phi) is 6.86. The summed E-state index contributed by atoms with van der Waals surface area (Å²) in [6.07, 6.45) is 4.94. The number of anilines is 1. The third-order valence-electron chi connectivity index (χ3n) is 5.41. The number of carbonyl (C=O) groups excluding carboxylic acids is 1. The van der Waals surface area contributed by atoms with Crippen molar-refractivity contribution in [2.24, 2.45) is 0 Å². The van der Waals surface area contributed by atoms with Crippen LogP contribution in [0.1, 0.15) is 38.5 Å². The molecule has 0 aliphatic heterocycles. The van der Waals surface area contributed by atoms with Gasteiger partial charge in [-0.3, -0.25) is 13.7 Å². The average molecular weight is 493 g/mol. The van der Waals surface area contributed by atoms with Gasteiger partial charge in [-0.25, -0.2) is 9.97 Å². The lowest BCUT2D eigenvalue weighted by Gasteiger charge is -2.15. The molecule has 0 amide bonds. The van der Waals surface area contributed by atoms with Gasteiger partial charge in [0.05, 0.1) is 23.1 Å². The number of aryl methyl sites for hydroxylation is 1. The average Bonchev–Trinajstić information content (AvgIpc) is 3.50. The van der Waals surface area contributed by atoms with Gasteiger partial charge < -0.3 is 10.4 Å². The number of carbonyl (C=O) groups is 1. The first-order valence-corrected chi connectivity index (χ1v) is 12.5. The van der Waals surface area contributed by atoms with E-state index in [1.165, 1.54) is 30.9 Å². The molecule has 3 N–H and O–H groups in total. The van der Waals surface area contributed by atoms with E-state index in [0.717, 1.165) is 10.4 Å². The molecule has 1 fully saturated rings. The Bertz CT molecular complexity index is 1230. The molecule has 3 aromatic rings. The highest BCUT2D eigenvalue weighted by Crippen LogP contribution is 2.30. The molecule has 3 heterocycles. The Hall–Kier alpha value is -2.71. The van der Waals surface area contributed by atoms with E-state index in [9.17, 15) is 18.3 Å². The fourth-order valence-corrected chi connectivity index (χ4v) is 5.32. The van der Waals surface area contributed by atoms with E-state index >= 15 is 0 Å². The van der Waals surface area contributed by atoms with Crippen molar-refractivity contribution in [1.82, 2.24) is 24.5 Å². The van der Waals surface area contributed by atoms with Gasteiger partial charge in [0.2, 0.25) is 5.78 Å². The third-order valence-corrected chi connectivity index (χ3v) is 7.50. The van der Waals surface area contributed by atoms with Crippen LogP contribution in [0.2, 0.25) is 0 Å². The second-order valence-electron chi connectivity index (χ2n) is 7.68. The second kappa shape index (κ2) is 9.65. The Labute approximate surface area is 195 Å². The van der Waals surface area contributed by atoms with Crippen molar-refractivity contribution in [3.63, 3.8) is 0 Å².